The van der Waals surface area contributed by atoms with E-state index in [1.165, 1.54) is 37.8 Å². The van der Waals surface area contributed by atoms with Crippen LogP contribution < -0.4 is 26.4 Å². The summed E-state index contributed by atoms with van der Waals surface area (Å²) in [4.78, 5) is 28.8. The number of hydrazone groups is 2. The van der Waals surface area contributed by atoms with Crippen molar-refractivity contribution in [3.05, 3.63) is 120 Å². The molecule has 1 fully saturated rings. The van der Waals surface area contributed by atoms with Gasteiger partial charge in [-0.1, -0.05) is 36.4 Å². The van der Waals surface area contributed by atoms with Crippen LogP contribution in [-0.2, 0) is 47.4 Å². The number of carboxylic acids is 1. The number of carbonyl (C=O) groups is 2. The fourth-order valence-corrected chi connectivity index (χ4v) is 9.23. The highest BCUT2D eigenvalue weighted by atomic mass is 35.5. The van der Waals surface area contributed by atoms with Crippen molar-refractivity contribution in [3.8, 4) is 0 Å². The van der Waals surface area contributed by atoms with Crippen LogP contribution in [0.15, 0.2) is 108 Å². The van der Waals surface area contributed by atoms with Gasteiger partial charge < -0.3 is 30.5 Å². The minimum atomic E-state index is -5.67. The minimum Gasteiger partial charge on any atom is -0.480 e. The molecule has 5 N–H and O–H groups in total. The number of amides is 1. The molecule has 34 heteroatoms. The number of methoxy groups -OCH3 is 2. The van der Waals surface area contributed by atoms with Crippen molar-refractivity contribution in [1.82, 2.24) is 33.5 Å². The zero-order valence-electron chi connectivity index (χ0n) is 39.2. The first-order valence-electron chi connectivity index (χ1n) is 21.5. The second-order valence-corrected chi connectivity index (χ2v) is 19.4. The molecule has 1 saturated heterocycles. The van der Waals surface area contributed by atoms with Crippen LogP contribution in [0, 0.1) is 0 Å². The number of alkyl halides is 10. The van der Waals surface area contributed by atoms with Crippen LogP contribution in [0.5, 0.6) is 0 Å². The van der Waals surface area contributed by atoms with Gasteiger partial charge in [-0.2, -0.15) is 43.2 Å². The number of halogens is 11. The van der Waals surface area contributed by atoms with Gasteiger partial charge in [0.15, 0.2) is 0 Å². The van der Waals surface area contributed by atoms with Crippen molar-refractivity contribution in [2.45, 2.75) is 55.2 Å². The summed E-state index contributed by atoms with van der Waals surface area (Å²) in [5.41, 5.74) is -3.71. The maximum atomic E-state index is 13.4. The summed E-state index contributed by atoms with van der Waals surface area (Å²) in [6.07, 6.45) is 1.84. The number of allylic oxidation sites excluding steroid dienone is 2. The van der Waals surface area contributed by atoms with E-state index in [9.17, 15) is 70.3 Å². The molecule has 76 heavy (non-hydrogen) atoms. The van der Waals surface area contributed by atoms with E-state index in [1.54, 1.807) is 78.9 Å². The molecule has 0 radical (unpaired) electrons. The lowest BCUT2D eigenvalue weighted by Crippen LogP contribution is -2.51. The van der Waals surface area contributed by atoms with Gasteiger partial charge in [0.05, 0.1) is 57.9 Å². The average molecular weight is 1150 g/mol. The standard InChI is InChI=1S/C21H19F5N6O4S.C12H15F3N4O3S.C9H10F2N2O2.ClH/c1-36-20-29-31(10-11-32(20)37(34,35)21(24,25)26)14-7-5-13(6-8-14)12-27-19(33)17-16(18(22)23)28-15-4-2-3-9-30(15)17;1-22-11-17-18(10-4-2-9(8-16)3-5-10)6-7-19(11)23(20,21)12(13,14)15;10-8(11)6-7(9(14)15)13-4-2-1-3-5(13)12-6;/h2-9,18H,10-12H2,1H3,(H,27,33);2-5H,6-8,16H2,1H3;1-8,12H,(H,14,15);1H. The van der Waals surface area contributed by atoms with Crippen LogP contribution in [0.2, 0.25) is 0 Å². The lowest BCUT2D eigenvalue weighted by atomic mass is 10.1. The van der Waals surface area contributed by atoms with Gasteiger partial charge >= 0.3 is 49.1 Å². The third-order valence-corrected chi connectivity index (χ3v) is 14.1. The molecular weight excluding hydrogens is 1110 g/mol. The van der Waals surface area contributed by atoms with Crippen LogP contribution in [-0.4, -0.2) is 145 Å². The van der Waals surface area contributed by atoms with E-state index in [-0.39, 0.29) is 52.0 Å². The van der Waals surface area contributed by atoms with Crippen molar-refractivity contribution < 1.29 is 84.9 Å². The van der Waals surface area contributed by atoms with E-state index >= 15 is 0 Å². The van der Waals surface area contributed by atoms with E-state index in [1.807, 2.05) is 0 Å². The highest BCUT2D eigenvalue weighted by Crippen LogP contribution is 2.32. The Hall–Kier alpha value is -7.10. The van der Waals surface area contributed by atoms with Crippen LogP contribution in [0.4, 0.5) is 55.3 Å². The predicted molar refractivity (Wildman–Crippen MR) is 255 cm³/mol. The molecule has 1 amide bonds. The average Bonchev–Trinajstić information content (AvgIpc) is 3.98. The normalized spacial score (nSPS) is 18.7. The molecule has 0 bridgehead atoms. The molecule has 4 aliphatic rings. The Morgan fingerprint density at radius 2 is 1.30 bits per heavy atom. The van der Waals surface area contributed by atoms with Crippen LogP contribution >= 0.6 is 12.4 Å². The number of aliphatic carboxylic acids is 1. The number of carboxylic acid groups (broad SMARTS) is 1. The number of nitrogens with one attached hydrogen (secondary N) is 2. The van der Waals surface area contributed by atoms with E-state index in [0.29, 0.717) is 23.5 Å². The molecule has 416 valence electrons. The van der Waals surface area contributed by atoms with Crippen LogP contribution in [0.25, 0.3) is 5.65 Å². The highest BCUT2D eigenvalue weighted by Gasteiger charge is 2.54. The predicted octanol–water partition coefficient (Wildman–Crippen LogP) is 4.94. The Bertz CT molecular complexity index is 3040. The van der Waals surface area contributed by atoms with Gasteiger partial charge in [0.2, 0.25) is 0 Å². The fraction of sp³-hybridized carbons (Fsp3) is 0.357. The molecule has 3 atom stereocenters. The summed E-state index contributed by atoms with van der Waals surface area (Å²) in [5.74, 6) is -2.00. The van der Waals surface area contributed by atoms with Crippen molar-refractivity contribution in [2.24, 2.45) is 15.9 Å². The van der Waals surface area contributed by atoms with Crippen molar-refractivity contribution in [1.29, 1.82) is 0 Å². The van der Waals surface area contributed by atoms with E-state index in [4.69, 9.17) is 20.3 Å². The number of rotatable bonds is 11. The van der Waals surface area contributed by atoms with E-state index < -0.39 is 105 Å². The van der Waals surface area contributed by atoms with Crippen LogP contribution in [0.3, 0.4) is 0 Å². The summed E-state index contributed by atoms with van der Waals surface area (Å²) in [6.45, 7) is -0.908. The number of nitrogens with zero attached hydrogens (tertiary/aromatic N) is 9. The number of nitrogens with two attached hydrogens (primary N) is 1. The summed E-state index contributed by atoms with van der Waals surface area (Å²) in [7, 11) is -9.16. The first-order chi connectivity index (χ1) is 35.2. The zero-order valence-corrected chi connectivity index (χ0v) is 41.6. The topological polar surface area (TPSA) is 249 Å². The van der Waals surface area contributed by atoms with Gasteiger partial charge in [-0.3, -0.25) is 24.5 Å². The minimum absolute atomic E-state index is 0. The molecule has 2 aromatic heterocycles. The number of aromatic nitrogens is 2. The Balaban J connectivity index is 0.000000232. The molecule has 6 heterocycles. The van der Waals surface area contributed by atoms with Crippen molar-refractivity contribution in [2.75, 3.05) is 50.4 Å². The van der Waals surface area contributed by atoms with Gasteiger partial charge in [-0.25, -0.2) is 36.0 Å². The first-order valence-corrected chi connectivity index (χ1v) is 24.4. The smallest absolute Gasteiger partial charge is 0.480 e. The third kappa shape index (κ3) is 12.9. The Morgan fingerprint density at radius 3 is 1.75 bits per heavy atom. The summed E-state index contributed by atoms with van der Waals surface area (Å²) < 4.78 is 186. The lowest BCUT2D eigenvalue weighted by molar-refractivity contribution is -0.143. The number of hydrogen-bond donors (Lipinski definition) is 4. The molecule has 0 aliphatic carbocycles. The van der Waals surface area contributed by atoms with Gasteiger partial charge in [0.25, 0.3) is 18.8 Å². The van der Waals surface area contributed by atoms with Crippen molar-refractivity contribution in [3.63, 3.8) is 0 Å². The van der Waals surface area contributed by atoms with E-state index in [2.05, 4.69) is 25.8 Å². The molecule has 4 aliphatic heterocycles. The maximum absolute atomic E-state index is 13.4. The van der Waals surface area contributed by atoms with Gasteiger partial charge in [-0.05, 0) is 59.7 Å². The number of amidine groups is 2. The Labute approximate surface area is 432 Å². The third-order valence-electron chi connectivity index (χ3n) is 11.1. The number of fused-ring (bicyclic) bond motifs is 2. The Morgan fingerprint density at radius 1 is 0.789 bits per heavy atom. The van der Waals surface area contributed by atoms with Gasteiger partial charge in [-0.15, -0.1) is 22.6 Å². The SMILES string of the molecule is COC1=NN(c2ccc(CN)cc2)CCN1S(=O)(=O)C(F)(F)F.COC1=NN(c2ccc(CNC(=O)c3c(C(F)F)nc4ccccn34)cc2)CCN1S(=O)(=O)C(F)(F)F.Cl.O=C(O)C1C(C(F)F)NC2C=CC=CN21. The number of pyridine rings is 1. The molecular formula is C42H45ClF10N12O9S2. The van der Waals surface area contributed by atoms with Gasteiger partial charge in [0.1, 0.15) is 29.1 Å². The summed E-state index contributed by atoms with van der Waals surface area (Å²) in [5, 5.41) is 24.3. The highest BCUT2D eigenvalue weighted by molar-refractivity contribution is 7.90. The molecule has 4 aromatic rings. The number of anilines is 2. The number of ether oxygens (including phenoxy) is 2. The number of carbonyl (C=O) groups excluding carboxylic acids is 1. The number of benzene rings is 2. The molecule has 0 saturated carbocycles. The largest absolute Gasteiger partial charge is 0.516 e. The quantitative estimate of drug-likeness (QED) is 0.145. The monoisotopic (exact) mass is 1150 g/mol. The number of sulfonamides is 2. The lowest BCUT2D eigenvalue weighted by Gasteiger charge is -2.32. The first kappa shape index (κ1) is 59.8. The zero-order chi connectivity index (χ0) is 55.2. The fourth-order valence-electron chi connectivity index (χ4n) is 7.45. The maximum Gasteiger partial charge on any atom is 0.516 e. The van der Waals surface area contributed by atoms with Gasteiger partial charge in [0, 0.05) is 25.5 Å². The summed E-state index contributed by atoms with van der Waals surface area (Å²) >= 11 is 0. The Kier molecular flexibility index (Phi) is 19.1. The van der Waals surface area contributed by atoms with Crippen LogP contribution in [0.1, 0.15) is 33.7 Å². The summed E-state index contributed by atoms with van der Waals surface area (Å²) in [6, 6.07) is 13.9. The second-order valence-electron chi connectivity index (χ2n) is 15.7. The van der Waals surface area contributed by atoms with Crippen molar-refractivity contribution >= 4 is 73.4 Å². The number of imidazole rings is 1. The second kappa shape index (κ2) is 24.3. The molecule has 0 spiro atoms. The molecule has 3 unspecified atom stereocenters. The van der Waals surface area contributed by atoms with E-state index in [0.717, 1.165) is 19.8 Å². The molecule has 8 rings (SSSR count). The molecule has 2 aromatic carbocycles. The number of hydrogen-bond acceptors (Lipinski definition) is 16. The molecule has 21 nitrogen and oxygen atoms in total.